The molecule has 0 aliphatic heterocycles. The first-order valence-corrected chi connectivity index (χ1v) is 0.508. The minimum absolute atomic E-state index is 0. The Morgan fingerprint density at radius 3 is 1.20 bits per heavy atom. The van der Waals surface area contributed by atoms with E-state index in [1.807, 2.05) is 0 Å². The van der Waals surface area contributed by atoms with Crippen LogP contribution in [0.2, 0.25) is 0 Å². The molecule has 0 rings (SSSR count). The second-order valence-electron chi connectivity index (χ2n) is 0. The van der Waals surface area contributed by atoms with Crippen LogP contribution < -0.4 is 0 Å². The molecule has 1 nitrogen and oxygen atoms in total. The fourth-order valence-electron chi connectivity index (χ4n) is 0. The average molecular weight is 458 g/mol. The van der Waals surface area contributed by atoms with Gasteiger partial charge in [-0.05, 0) is 0 Å². The first-order chi connectivity index (χ1) is 1.00. The standard InChI is InChI=1S/Ba.Ca.Cu.Hg.O. The van der Waals surface area contributed by atoms with Crippen molar-refractivity contribution in [3.63, 3.8) is 0 Å². The third-order valence-corrected chi connectivity index (χ3v) is 0. The summed E-state index contributed by atoms with van der Waals surface area (Å²) in [5.41, 5.74) is 0. The molecule has 0 aliphatic carbocycles. The molecule has 0 N–H and O–H groups in total. The van der Waals surface area contributed by atoms with Gasteiger partial charge >= 0.3 is 19.8 Å². The van der Waals surface area contributed by atoms with E-state index in [2.05, 4.69) is 15.9 Å². The molecule has 0 atom stereocenters. The summed E-state index contributed by atoms with van der Waals surface area (Å²) < 4.78 is 7.81. The fraction of sp³-hybridized carbons (Fsp3) is 0. The molecule has 0 aromatic rings. The van der Waals surface area contributed by atoms with E-state index in [4.69, 9.17) is 3.83 Å². The molecule has 0 unspecified atom stereocenters. The second-order valence-corrected chi connectivity index (χ2v) is 0. The fourth-order valence-corrected chi connectivity index (χ4v) is 0. The van der Waals surface area contributed by atoms with E-state index in [1.54, 1.807) is 0 Å². The third-order valence-electron chi connectivity index (χ3n) is 0. The van der Waals surface area contributed by atoms with E-state index in [0.717, 1.165) is 0 Å². The van der Waals surface area contributed by atoms with Crippen molar-refractivity contribution in [1.82, 2.24) is 0 Å². The Labute approximate surface area is 130 Å². The van der Waals surface area contributed by atoms with Crippen molar-refractivity contribution >= 4 is 86.6 Å². The summed E-state index contributed by atoms with van der Waals surface area (Å²) in [6.45, 7) is 0. The molecule has 0 amide bonds. The summed E-state index contributed by atoms with van der Waals surface area (Å²) >= 11 is 2.94. The van der Waals surface area contributed by atoms with Gasteiger partial charge in [0.1, 0.15) is 0 Å². The Hall–Kier alpha value is 4.09. The van der Waals surface area contributed by atoms with Gasteiger partial charge in [-0.1, -0.05) is 0 Å². The first kappa shape index (κ1) is 23.0. The SMILES string of the molecule is [Ba].[Ca].[Hg].[O]=[Cu]. The molecule has 0 saturated heterocycles. The van der Waals surface area contributed by atoms with E-state index in [-0.39, 0.29) is 114 Å². The van der Waals surface area contributed by atoms with Crippen molar-refractivity contribution in [2.75, 3.05) is 0 Å². The normalized spacial score (nSPS) is 1.20. The van der Waals surface area contributed by atoms with Crippen LogP contribution in [0.5, 0.6) is 0 Å². The van der Waals surface area contributed by atoms with Crippen LogP contribution in [0.15, 0.2) is 0 Å². The predicted octanol–water partition coefficient (Wildman–Crippen LogP) is -0.885. The molecule has 0 aromatic heterocycles. The molecule has 0 saturated carbocycles. The van der Waals surface area contributed by atoms with E-state index >= 15 is 0 Å². The summed E-state index contributed by atoms with van der Waals surface area (Å²) in [5, 5.41) is 0. The van der Waals surface area contributed by atoms with Gasteiger partial charge in [-0.15, -0.1) is 0 Å². The van der Waals surface area contributed by atoms with Crippen molar-refractivity contribution in [2.24, 2.45) is 0 Å². The van der Waals surface area contributed by atoms with Crippen molar-refractivity contribution in [3.05, 3.63) is 0 Å². The van der Waals surface area contributed by atoms with Gasteiger partial charge in [0.05, 0.1) is 0 Å². The molecule has 0 aliphatic rings. The molecule has 0 aromatic carbocycles. The molecule has 0 spiro atoms. The molecule has 5 heavy (non-hydrogen) atoms. The zero-order valence-electron chi connectivity index (χ0n) is 2.83. The summed E-state index contributed by atoms with van der Waals surface area (Å²) in [7, 11) is 0. The summed E-state index contributed by atoms with van der Waals surface area (Å²) in [6, 6.07) is 0. The van der Waals surface area contributed by atoms with Crippen LogP contribution in [-0.2, 0) is 47.4 Å². The van der Waals surface area contributed by atoms with Gasteiger partial charge < -0.3 is 0 Å². The van der Waals surface area contributed by atoms with Crippen LogP contribution in [0.3, 0.4) is 0 Å². The van der Waals surface area contributed by atoms with Gasteiger partial charge in [0.2, 0.25) is 0 Å². The summed E-state index contributed by atoms with van der Waals surface area (Å²) in [4.78, 5) is 0. The molecule has 5 heteroatoms. The Balaban J connectivity index is -0.00000000167. The number of hydrogen-bond acceptors (Lipinski definition) is 1. The summed E-state index contributed by atoms with van der Waals surface area (Å²) in [5.74, 6) is 0. The molecule has 0 fully saturated rings. The van der Waals surface area contributed by atoms with E-state index in [9.17, 15) is 0 Å². The zero-order valence-corrected chi connectivity index (χ0v) is 15.9. The Morgan fingerprint density at radius 1 is 1.20 bits per heavy atom. The summed E-state index contributed by atoms with van der Waals surface area (Å²) in [6.07, 6.45) is 0. The van der Waals surface area contributed by atoms with Crippen molar-refractivity contribution < 1.29 is 47.4 Å². The monoisotopic (exact) mass is 459 g/mol. The molecule has 0 heterocycles. The molecular formula is BaCaCuHgO. The van der Waals surface area contributed by atoms with Crippen LogP contribution in [0, 0.1) is 0 Å². The number of rotatable bonds is 0. The second kappa shape index (κ2) is 24.3. The van der Waals surface area contributed by atoms with Gasteiger partial charge in [0.15, 0.2) is 0 Å². The zero-order chi connectivity index (χ0) is 2.00. The van der Waals surface area contributed by atoms with Crippen molar-refractivity contribution in [2.45, 2.75) is 0 Å². The van der Waals surface area contributed by atoms with Crippen LogP contribution in [0.25, 0.3) is 0 Å². The van der Waals surface area contributed by atoms with E-state index in [1.165, 1.54) is 0 Å². The maximum absolute atomic E-state index is 7.81. The van der Waals surface area contributed by atoms with Crippen LogP contribution in [-0.4, -0.2) is 86.6 Å². The van der Waals surface area contributed by atoms with Gasteiger partial charge in [-0.3, -0.25) is 0 Å². The van der Waals surface area contributed by atoms with Crippen molar-refractivity contribution in [3.8, 4) is 0 Å². The van der Waals surface area contributed by atoms with Crippen LogP contribution in [0.1, 0.15) is 0 Å². The van der Waals surface area contributed by atoms with Crippen molar-refractivity contribution in [1.29, 1.82) is 0 Å². The molecule has 0 bridgehead atoms. The van der Waals surface area contributed by atoms with Gasteiger partial charge in [-0.2, -0.15) is 0 Å². The average Bonchev–Trinajstić information content (AvgIpc) is 1.00. The van der Waals surface area contributed by atoms with Gasteiger partial charge in [0, 0.05) is 114 Å². The maximum atomic E-state index is 7.81. The quantitative estimate of drug-likeness (QED) is 0.432. The topological polar surface area (TPSA) is 17.1 Å². The Kier molecular flexibility index (Phi) is 112. The minimum atomic E-state index is 0. The molecule has 4 radical (unpaired) electrons. The predicted molar refractivity (Wildman–Crippen MR) is 12.2 cm³/mol. The Morgan fingerprint density at radius 2 is 1.20 bits per heavy atom. The van der Waals surface area contributed by atoms with E-state index < -0.39 is 0 Å². The van der Waals surface area contributed by atoms with Crippen LogP contribution in [0.4, 0.5) is 0 Å². The molecule has 23 valence electrons. The van der Waals surface area contributed by atoms with Gasteiger partial charge in [-0.25, -0.2) is 0 Å². The third kappa shape index (κ3) is 17.9. The first-order valence-electron chi connectivity index (χ1n) is 0.123. The number of hydrogen-bond donors (Lipinski definition) is 0. The molecular weight excluding hydrogens is 458 g/mol. The van der Waals surface area contributed by atoms with Gasteiger partial charge in [0.25, 0.3) is 0 Å². The van der Waals surface area contributed by atoms with Crippen LogP contribution >= 0.6 is 0 Å². The van der Waals surface area contributed by atoms with E-state index in [0.29, 0.717) is 0 Å². The Bertz CT molecular complexity index is 11.6.